The molecule has 0 bridgehead atoms. The highest BCUT2D eigenvalue weighted by Gasteiger charge is 2.37. The van der Waals surface area contributed by atoms with Crippen molar-refractivity contribution in [3.63, 3.8) is 0 Å². The van der Waals surface area contributed by atoms with Gasteiger partial charge in [-0.15, -0.1) is 0 Å². The maximum absolute atomic E-state index is 12.0. The number of nitrogens with two attached hydrogens (primary N) is 1. The third kappa shape index (κ3) is 3.00. The zero-order valence-electron chi connectivity index (χ0n) is 10.9. The van der Waals surface area contributed by atoms with Crippen LogP contribution < -0.4 is 16.6 Å². The summed E-state index contributed by atoms with van der Waals surface area (Å²) in [4.78, 5) is 22.3. The van der Waals surface area contributed by atoms with E-state index < -0.39 is 4.92 Å². The average Bonchev–Trinajstić information content (AvgIpc) is 3.13. The molecule has 0 heterocycles. The van der Waals surface area contributed by atoms with Crippen molar-refractivity contribution in [2.45, 2.75) is 19.8 Å². The lowest BCUT2D eigenvalue weighted by molar-refractivity contribution is -0.384. The number of hydrogen-bond donors (Lipinski definition) is 3. The minimum atomic E-state index is -0.639. The number of hydrazine groups is 1. The Bertz CT molecular complexity index is 572. The van der Waals surface area contributed by atoms with Crippen LogP contribution in [0.15, 0.2) is 12.1 Å². The van der Waals surface area contributed by atoms with Gasteiger partial charge in [-0.25, -0.2) is 0 Å². The van der Waals surface area contributed by atoms with Gasteiger partial charge in [0.15, 0.2) is 0 Å². The van der Waals surface area contributed by atoms with Crippen LogP contribution in [0.5, 0.6) is 0 Å². The maximum atomic E-state index is 12.0. The molecule has 0 unspecified atom stereocenters. The van der Waals surface area contributed by atoms with Crippen LogP contribution >= 0.6 is 11.6 Å². The van der Waals surface area contributed by atoms with Crippen LogP contribution in [0.3, 0.4) is 0 Å². The second kappa shape index (κ2) is 5.26. The highest BCUT2D eigenvalue weighted by atomic mass is 35.5. The summed E-state index contributed by atoms with van der Waals surface area (Å²) < 4.78 is 0. The van der Waals surface area contributed by atoms with Gasteiger partial charge in [-0.3, -0.25) is 20.8 Å². The Morgan fingerprint density at radius 2 is 2.20 bits per heavy atom. The third-order valence-corrected chi connectivity index (χ3v) is 3.75. The predicted molar refractivity (Wildman–Crippen MR) is 75.6 cm³/mol. The molecular formula is C12H15ClN4O3. The number of carbonyl (C=O) groups is 1. The average molecular weight is 299 g/mol. The molecule has 1 aliphatic carbocycles. The Morgan fingerprint density at radius 1 is 1.55 bits per heavy atom. The maximum Gasteiger partial charge on any atom is 0.295 e. The highest BCUT2D eigenvalue weighted by Crippen LogP contribution is 2.44. The molecule has 1 amide bonds. The summed E-state index contributed by atoms with van der Waals surface area (Å²) >= 11 is 5.90. The van der Waals surface area contributed by atoms with E-state index in [0.717, 1.165) is 18.9 Å². The smallest absolute Gasteiger partial charge is 0.295 e. The molecule has 0 radical (unpaired) electrons. The van der Waals surface area contributed by atoms with E-state index in [1.54, 1.807) is 0 Å². The first kappa shape index (κ1) is 14.5. The lowest BCUT2D eigenvalue weighted by atomic mass is 10.1. The largest absolute Gasteiger partial charge is 0.351 e. The number of benzene rings is 1. The molecule has 108 valence electrons. The quantitative estimate of drug-likeness (QED) is 0.438. The fourth-order valence-electron chi connectivity index (χ4n) is 1.80. The minimum absolute atomic E-state index is 0.0117. The summed E-state index contributed by atoms with van der Waals surface area (Å²) in [6, 6.07) is 2.51. The van der Waals surface area contributed by atoms with E-state index in [-0.39, 0.29) is 33.3 Å². The van der Waals surface area contributed by atoms with E-state index in [4.69, 9.17) is 17.4 Å². The SMILES string of the molecule is CC1(CNC(=O)c2cc(Cl)c(NN)c([N+](=O)[O-])c2)CC1. The van der Waals surface area contributed by atoms with Gasteiger partial charge >= 0.3 is 0 Å². The van der Waals surface area contributed by atoms with E-state index in [2.05, 4.69) is 17.7 Å². The fourth-order valence-corrected chi connectivity index (χ4v) is 2.06. The number of nitrogens with one attached hydrogen (secondary N) is 2. The first-order valence-corrected chi connectivity index (χ1v) is 6.47. The Hall–Kier alpha value is -1.86. The number of hydrogen-bond acceptors (Lipinski definition) is 5. The number of nitro benzene ring substituents is 1. The predicted octanol–water partition coefficient (Wildman–Crippen LogP) is 2.06. The number of rotatable bonds is 5. The molecule has 1 fully saturated rings. The van der Waals surface area contributed by atoms with Crippen molar-refractivity contribution in [3.05, 3.63) is 32.8 Å². The van der Waals surface area contributed by atoms with Gasteiger partial charge in [0.05, 0.1) is 9.95 Å². The lowest BCUT2D eigenvalue weighted by Gasteiger charge is -2.11. The Morgan fingerprint density at radius 3 is 2.70 bits per heavy atom. The second-order valence-corrected chi connectivity index (χ2v) is 5.65. The third-order valence-electron chi connectivity index (χ3n) is 3.45. The van der Waals surface area contributed by atoms with Crippen molar-refractivity contribution in [1.82, 2.24) is 5.32 Å². The van der Waals surface area contributed by atoms with Gasteiger partial charge in [0.25, 0.3) is 11.6 Å². The second-order valence-electron chi connectivity index (χ2n) is 5.25. The Balaban J connectivity index is 2.23. The summed E-state index contributed by atoms with van der Waals surface area (Å²) in [5, 5.41) is 13.7. The molecular weight excluding hydrogens is 284 g/mol. The van der Waals surface area contributed by atoms with Crippen LogP contribution in [0.4, 0.5) is 11.4 Å². The van der Waals surface area contributed by atoms with Gasteiger partial charge in [-0.2, -0.15) is 0 Å². The van der Waals surface area contributed by atoms with Crippen molar-refractivity contribution in [2.24, 2.45) is 11.3 Å². The zero-order chi connectivity index (χ0) is 14.9. The number of nitrogen functional groups attached to an aromatic ring is 1. The Kier molecular flexibility index (Phi) is 3.82. The summed E-state index contributed by atoms with van der Waals surface area (Å²) in [6.45, 7) is 2.62. The Labute approximate surface area is 120 Å². The van der Waals surface area contributed by atoms with E-state index in [1.807, 2.05) is 0 Å². The van der Waals surface area contributed by atoms with Gasteiger partial charge in [-0.05, 0) is 24.3 Å². The fraction of sp³-hybridized carbons (Fsp3) is 0.417. The van der Waals surface area contributed by atoms with Crippen molar-refractivity contribution >= 4 is 28.9 Å². The number of nitro groups is 1. The van der Waals surface area contributed by atoms with Crippen molar-refractivity contribution < 1.29 is 9.72 Å². The molecule has 1 saturated carbocycles. The molecule has 0 saturated heterocycles. The highest BCUT2D eigenvalue weighted by molar-refractivity contribution is 6.34. The van der Waals surface area contributed by atoms with Gasteiger partial charge in [0, 0.05) is 18.2 Å². The van der Waals surface area contributed by atoms with Gasteiger partial charge in [-0.1, -0.05) is 18.5 Å². The molecule has 1 aliphatic rings. The van der Waals surface area contributed by atoms with Crippen LogP contribution in [0.25, 0.3) is 0 Å². The van der Waals surface area contributed by atoms with E-state index in [0.29, 0.717) is 6.54 Å². The molecule has 0 aliphatic heterocycles. The molecule has 7 nitrogen and oxygen atoms in total. The molecule has 0 spiro atoms. The van der Waals surface area contributed by atoms with E-state index >= 15 is 0 Å². The molecule has 1 aromatic carbocycles. The monoisotopic (exact) mass is 298 g/mol. The number of amides is 1. The van der Waals surface area contributed by atoms with Gasteiger partial charge in [0.1, 0.15) is 5.69 Å². The molecule has 8 heteroatoms. The summed E-state index contributed by atoms with van der Waals surface area (Å²) in [6.07, 6.45) is 2.15. The standard InChI is InChI=1S/C12H15ClN4O3/c1-12(2-3-12)6-15-11(18)7-4-8(13)10(16-14)9(5-7)17(19)20/h4-5,16H,2-3,6,14H2,1H3,(H,15,18). The van der Waals surface area contributed by atoms with Crippen LogP contribution in [0.2, 0.25) is 5.02 Å². The van der Waals surface area contributed by atoms with Gasteiger partial charge in [0.2, 0.25) is 0 Å². The molecule has 0 aromatic heterocycles. The summed E-state index contributed by atoms with van der Waals surface area (Å²) in [7, 11) is 0. The number of halogens is 1. The lowest BCUT2D eigenvalue weighted by Crippen LogP contribution is -2.29. The molecule has 0 atom stereocenters. The summed E-state index contributed by atoms with van der Waals surface area (Å²) in [5.74, 6) is 4.82. The first-order valence-electron chi connectivity index (χ1n) is 6.09. The molecule has 2 rings (SSSR count). The molecule has 20 heavy (non-hydrogen) atoms. The van der Waals surface area contributed by atoms with Crippen LogP contribution in [-0.4, -0.2) is 17.4 Å². The van der Waals surface area contributed by atoms with Gasteiger partial charge < -0.3 is 10.7 Å². The number of anilines is 1. The molecule has 4 N–H and O–H groups in total. The summed E-state index contributed by atoms with van der Waals surface area (Å²) in [5.41, 5.74) is 2.13. The normalized spacial score (nSPS) is 15.6. The van der Waals surface area contributed by atoms with Crippen molar-refractivity contribution in [3.8, 4) is 0 Å². The van der Waals surface area contributed by atoms with Crippen molar-refractivity contribution in [2.75, 3.05) is 12.0 Å². The van der Waals surface area contributed by atoms with E-state index in [9.17, 15) is 14.9 Å². The van der Waals surface area contributed by atoms with Crippen LogP contribution in [0, 0.1) is 15.5 Å². The topological polar surface area (TPSA) is 110 Å². The van der Waals surface area contributed by atoms with Crippen molar-refractivity contribution in [1.29, 1.82) is 0 Å². The van der Waals surface area contributed by atoms with Crippen LogP contribution in [-0.2, 0) is 0 Å². The number of carbonyl (C=O) groups excluding carboxylic acids is 1. The minimum Gasteiger partial charge on any atom is -0.351 e. The zero-order valence-corrected chi connectivity index (χ0v) is 11.7. The molecule has 1 aromatic rings. The first-order chi connectivity index (χ1) is 9.36. The van der Waals surface area contributed by atoms with Crippen LogP contribution in [0.1, 0.15) is 30.1 Å². The van der Waals surface area contributed by atoms with E-state index in [1.165, 1.54) is 6.07 Å². The number of nitrogens with zero attached hydrogens (tertiary/aromatic N) is 1.